The highest BCUT2D eigenvalue weighted by atomic mass is 19.1. The molecule has 7 nitrogen and oxygen atoms in total. The third kappa shape index (κ3) is 2.79. The van der Waals surface area contributed by atoms with Crippen molar-refractivity contribution in [3.05, 3.63) is 38.8 Å². The lowest BCUT2D eigenvalue weighted by atomic mass is 10.2. The van der Waals surface area contributed by atoms with Gasteiger partial charge in [-0.25, -0.2) is 14.0 Å². The molecule has 0 radical (unpaired) electrons. The molecule has 1 aromatic heterocycles. The number of halogens is 1. The van der Waals surface area contributed by atoms with E-state index >= 15 is 0 Å². The number of carbonyl (C=O) groups is 1. The Bertz CT molecular complexity index is 941. The first-order chi connectivity index (χ1) is 11.3. The third-order valence-electron chi connectivity index (χ3n) is 4.15. The molecule has 1 saturated carbocycles. The van der Waals surface area contributed by atoms with Crippen molar-refractivity contribution in [2.75, 3.05) is 5.32 Å². The fraction of sp³-hybridized carbons (Fsp3) is 0.438. The van der Waals surface area contributed by atoms with Crippen LogP contribution in [-0.4, -0.2) is 20.3 Å². The number of nitrogens with one attached hydrogen (secondary N) is 1. The quantitative estimate of drug-likeness (QED) is 0.897. The molecular weight excluding hydrogens is 317 g/mol. The molecule has 1 heterocycles. The number of aromatic nitrogens is 2. The molecule has 1 amide bonds. The molecule has 0 spiro atoms. The van der Waals surface area contributed by atoms with E-state index in [0.717, 1.165) is 25.0 Å². The molecule has 128 valence electrons. The van der Waals surface area contributed by atoms with Crippen molar-refractivity contribution < 1.29 is 14.3 Å². The standard InChI is InChI=1S/C16H18FN3O4/c1-8(2)20-13-6-11(17)12(18-15(22)23)5-10(13)14(21)19(16(20)24)7-9-3-4-9/h5-6,8-9,18H,3-4,7H2,1-2H3,(H,22,23). The van der Waals surface area contributed by atoms with Gasteiger partial charge in [-0.3, -0.25) is 19.2 Å². The smallest absolute Gasteiger partial charge is 0.409 e. The van der Waals surface area contributed by atoms with E-state index < -0.39 is 23.2 Å². The highest BCUT2D eigenvalue weighted by Gasteiger charge is 2.25. The summed E-state index contributed by atoms with van der Waals surface area (Å²) < 4.78 is 16.7. The molecular formula is C16H18FN3O4. The van der Waals surface area contributed by atoms with Crippen molar-refractivity contribution in [2.24, 2.45) is 5.92 Å². The number of hydrogen-bond donors (Lipinski definition) is 2. The second kappa shape index (κ2) is 5.77. The van der Waals surface area contributed by atoms with Crippen molar-refractivity contribution >= 4 is 22.7 Å². The summed E-state index contributed by atoms with van der Waals surface area (Å²) in [6, 6.07) is 1.91. The van der Waals surface area contributed by atoms with Gasteiger partial charge in [0.1, 0.15) is 5.82 Å². The first kappa shape index (κ1) is 16.2. The predicted molar refractivity (Wildman–Crippen MR) is 87.2 cm³/mol. The van der Waals surface area contributed by atoms with E-state index in [1.54, 1.807) is 13.8 Å². The van der Waals surface area contributed by atoms with Gasteiger partial charge in [0.05, 0.1) is 16.6 Å². The molecule has 1 aliphatic rings. The molecule has 24 heavy (non-hydrogen) atoms. The summed E-state index contributed by atoms with van der Waals surface area (Å²) in [4.78, 5) is 36.1. The van der Waals surface area contributed by atoms with Crippen LogP contribution in [0.1, 0.15) is 32.7 Å². The summed E-state index contributed by atoms with van der Waals surface area (Å²) in [7, 11) is 0. The Morgan fingerprint density at radius 2 is 2.04 bits per heavy atom. The lowest BCUT2D eigenvalue weighted by Crippen LogP contribution is -2.41. The Hall–Kier alpha value is -2.64. The maximum absolute atomic E-state index is 14.2. The summed E-state index contributed by atoms with van der Waals surface area (Å²) in [6.07, 6.45) is 0.519. The molecule has 2 N–H and O–H groups in total. The van der Waals surface area contributed by atoms with Crippen LogP contribution in [0.15, 0.2) is 21.7 Å². The van der Waals surface area contributed by atoms with Crippen LogP contribution in [0, 0.1) is 11.7 Å². The minimum Gasteiger partial charge on any atom is -0.465 e. The molecule has 1 aromatic carbocycles. The zero-order chi connectivity index (χ0) is 17.6. The zero-order valence-corrected chi connectivity index (χ0v) is 13.4. The van der Waals surface area contributed by atoms with Crippen LogP contribution in [0.3, 0.4) is 0 Å². The van der Waals surface area contributed by atoms with E-state index in [1.807, 2.05) is 5.32 Å². The van der Waals surface area contributed by atoms with Gasteiger partial charge in [0.25, 0.3) is 5.56 Å². The molecule has 0 unspecified atom stereocenters. The lowest BCUT2D eigenvalue weighted by molar-refractivity contribution is 0.209. The van der Waals surface area contributed by atoms with E-state index in [1.165, 1.54) is 9.13 Å². The topological polar surface area (TPSA) is 93.3 Å². The molecule has 0 bridgehead atoms. The summed E-state index contributed by atoms with van der Waals surface area (Å²) in [5, 5.41) is 10.8. The molecule has 0 aliphatic heterocycles. The van der Waals surface area contributed by atoms with Gasteiger partial charge in [-0.2, -0.15) is 0 Å². The minimum absolute atomic E-state index is 0.120. The van der Waals surface area contributed by atoms with Crippen LogP contribution in [0.5, 0.6) is 0 Å². The highest BCUT2D eigenvalue weighted by Crippen LogP contribution is 2.30. The number of rotatable bonds is 4. The first-order valence-electron chi connectivity index (χ1n) is 7.78. The molecule has 0 saturated heterocycles. The van der Waals surface area contributed by atoms with E-state index in [4.69, 9.17) is 5.11 Å². The molecule has 8 heteroatoms. The molecule has 2 aromatic rings. The maximum atomic E-state index is 14.2. The van der Waals surface area contributed by atoms with E-state index in [9.17, 15) is 18.8 Å². The largest absolute Gasteiger partial charge is 0.465 e. The third-order valence-corrected chi connectivity index (χ3v) is 4.15. The van der Waals surface area contributed by atoms with Crippen LogP contribution in [0.2, 0.25) is 0 Å². The monoisotopic (exact) mass is 335 g/mol. The number of hydrogen-bond acceptors (Lipinski definition) is 3. The van der Waals surface area contributed by atoms with Crippen molar-refractivity contribution in [2.45, 2.75) is 39.3 Å². The number of carboxylic acid groups (broad SMARTS) is 1. The Morgan fingerprint density at radius 3 is 2.58 bits per heavy atom. The zero-order valence-electron chi connectivity index (χ0n) is 13.4. The average molecular weight is 335 g/mol. The summed E-state index contributed by atoms with van der Waals surface area (Å²) in [6.45, 7) is 3.88. The van der Waals surface area contributed by atoms with Crippen LogP contribution >= 0.6 is 0 Å². The number of amides is 1. The average Bonchev–Trinajstić information content (AvgIpc) is 3.28. The second-order valence-corrected chi connectivity index (χ2v) is 6.38. The van der Waals surface area contributed by atoms with E-state index in [0.29, 0.717) is 12.5 Å². The van der Waals surface area contributed by atoms with Crippen molar-refractivity contribution in [1.29, 1.82) is 0 Å². The van der Waals surface area contributed by atoms with Gasteiger partial charge in [-0.05, 0) is 38.7 Å². The van der Waals surface area contributed by atoms with Gasteiger partial charge < -0.3 is 5.11 Å². The fourth-order valence-electron chi connectivity index (χ4n) is 2.83. The number of anilines is 1. The Labute approximate surface area is 136 Å². The van der Waals surface area contributed by atoms with Gasteiger partial charge in [-0.1, -0.05) is 0 Å². The normalized spacial score (nSPS) is 14.3. The lowest BCUT2D eigenvalue weighted by Gasteiger charge is -2.17. The fourth-order valence-corrected chi connectivity index (χ4v) is 2.83. The summed E-state index contributed by atoms with van der Waals surface area (Å²) >= 11 is 0. The van der Waals surface area contributed by atoms with Crippen LogP contribution in [0.4, 0.5) is 14.9 Å². The summed E-state index contributed by atoms with van der Waals surface area (Å²) in [5.41, 5.74) is -1.13. The van der Waals surface area contributed by atoms with Crippen LogP contribution in [0.25, 0.3) is 10.9 Å². The molecule has 1 aliphatic carbocycles. The van der Waals surface area contributed by atoms with Gasteiger partial charge in [0, 0.05) is 18.7 Å². The maximum Gasteiger partial charge on any atom is 0.409 e. The Kier molecular flexibility index (Phi) is 3.90. The second-order valence-electron chi connectivity index (χ2n) is 6.38. The van der Waals surface area contributed by atoms with Crippen molar-refractivity contribution in [3.8, 4) is 0 Å². The first-order valence-corrected chi connectivity index (χ1v) is 7.78. The van der Waals surface area contributed by atoms with Crippen molar-refractivity contribution in [3.63, 3.8) is 0 Å². The van der Waals surface area contributed by atoms with E-state index in [-0.39, 0.29) is 22.6 Å². The molecule has 1 fully saturated rings. The predicted octanol–water partition coefficient (Wildman–Crippen LogP) is 2.38. The van der Waals surface area contributed by atoms with Crippen LogP contribution < -0.4 is 16.6 Å². The Balaban J connectivity index is 2.34. The van der Waals surface area contributed by atoms with Crippen molar-refractivity contribution in [1.82, 2.24) is 9.13 Å². The van der Waals surface area contributed by atoms with Gasteiger partial charge >= 0.3 is 11.8 Å². The van der Waals surface area contributed by atoms with Gasteiger partial charge in [0.2, 0.25) is 0 Å². The number of fused-ring (bicyclic) bond motifs is 1. The molecule has 0 atom stereocenters. The number of benzene rings is 1. The number of nitrogens with zero attached hydrogens (tertiary/aromatic N) is 2. The summed E-state index contributed by atoms with van der Waals surface area (Å²) in [5.74, 6) is -0.524. The Morgan fingerprint density at radius 1 is 1.38 bits per heavy atom. The van der Waals surface area contributed by atoms with Crippen LogP contribution in [-0.2, 0) is 6.54 Å². The SMILES string of the molecule is CC(C)n1c(=O)n(CC2CC2)c(=O)c2cc(NC(=O)O)c(F)cc21. The molecule has 3 rings (SSSR count). The van der Waals surface area contributed by atoms with Gasteiger partial charge in [0.15, 0.2) is 0 Å². The van der Waals surface area contributed by atoms with Gasteiger partial charge in [-0.15, -0.1) is 0 Å². The minimum atomic E-state index is -1.43. The highest BCUT2D eigenvalue weighted by molar-refractivity contribution is 5.89. The van der Waals surface area contributed by atoms with E-state index in [2.05, 4.69) is 0 Å².